The maximum atomic E-state index is 12.3. The second-order valence-corrected chi connectivity index (χ2v) is 5.35. The number of hydrogen-bond acceptors (Lipinski definition) is 5. The lowest BCUT2D eigenvalue weighted by Crippen LogP contribution is -2.05. The highest BCUT2D eigenvalue weighted by Crippen LogP contribution is 2.25. The maximum Gasteiger partial charge on any atom is 0.340 e. The molecule has 0 unspecified atom stereocenters. The Morgan fingerprint density at radius 2 is 2.08 bits per heavy atom. The monoisotopic (exact) mass is 334 g/mol. The lowest BCUT2D eigenvalue weighted by atomic mass is 10.1. The molecule has 1 aromatic carbocycles. The number of aromatic amines is 1. The first-order valence-electron chi connectivity index (χ1n) is 7.65. The summed E-state index contributed by atoms with van der Waals surface area (Å²) in [6.07, 6.45) is 8.44. The van der Waals surface area contributed by atoms with E-state index in [1.807, 2.05) is 36.5 Å². The van der Waals surface area contributed by atoms with Gasteiger partial charge in [-0.15, -0.1) is 0 Å². The zero-order chi connectivity index (χ0) is 17.1. The van der Waals surface area contributed by atoms with Gasteiger partial charge >= 0.3 is 5.97 Å². The van der Waals surface area contributed by atoms with Crippen molar-refractivity contribution in [1.29, 1.82) is 0 Å². The highest BCUT2D eigenvalue weighted by molar-refractivity contribution is 5.97. The van der Waals surface area contributed by atoms with Gasteiger partial charge in [0.2, 0.25) is 0 Å². The predicted octanol–water partition coefficient (Wildman–Crippen LogP) is 3.21. The minimum atomic E-state index is -0.444. The van der Waals surface area contributed by atoms with Crippen LogP contribution in [0.4, 0.5) is 0 Å². The Labute approximate surface area is 142 Å². The molecular weight excluding hydrogens is 320 g/mol. The summed E-state index contributed by atoms with van der Waals surface area (Å²) in [5.74, 6) is 0.0439. The SMILES string of the molecule is O=C(OCc1ccno1)c1c[nH]cc1-c1cnn(-c2ccccc2)c1. The smallest absolute Gasteiger partial charge is 0.340 e. The largest absolute Gasteiger partial charge is 0.454 e. The number of benzene rings is 1. The summed E-state index contributed by atoms with van der Waals surface area (Å²) in [6.45, 7) is 0.0345. The molecule has 4 aromatic rings. The van der Waals surface area contributed by atoms with Crippen LogP contribution in [-0.4, -0.2) is 25.9 Å². The Kier molecular flexibility index (Phi) is 3.88. The van der Waals surface area contributed by atoms with Gasteiger partial charge in [0.05, 0.1) is 23.6 Å². The summed E-state index contributed by atoms with van der Waals surface area (Å²) in [7, 11) is 0. The second-order valence-electron chi connectivity index (χ2n) is 5.35. The topological polar surface area (TPSA) is 85.9 Å². The summed E-state index contributed by atoms with van der Waals surface area (Å²) < 4.78 is 11.9. The average Bonchev–Trinajstić information content (AvgIpc) is 3.41. The van der Waals surface area contributed by atoms with Crippen LogP contribution in [0, 0.1) is 0 Å². The average molecular weight is 334 g/mol. The van der Waals surface area contributed by atoms with Crippen molar-refractivity contribution in [3.63, 3.8) is 0 Å². The minimum absolute atomic E-state index is 0.0345. The molecular formula is C18H14N4O3. The molecule has 0 saturated heterocycles. The maximum absolute atomic E-state index is 12.3. The molecule has 7 nitrogen and oxygen atoms in total. The summed E-state index contributed by atoms with van der Waals surface area (Å²) >= 11 is 0. The van der Waals surface area contributed by atoms with Crippen LogP contribution >= 0.6 is 0 Å². The molecule has 0 atom stereocenters. The molecule has 0 aliphatic rings. The zero-order valence-corrected chi connectivity index (χ0v) is 13.1. The fourth-order valence-electron chi connectivity index (χ4n) is 2.49. The second kappa shape index (κ2) is 6.48. The molecule has 0 radical (unpaired) electrons. The number of nitrogens with one attached hydrogen (secondary N) is 1. The van der Waals surface area contributed by atoms with Gasteiger partial charge in [-0.2, -0.15) is 5.10 Å². The van der Waals surface area contributed by atoms with E-state index in [1.54, 1.807) is 29.3 Å². The number of hydrogen-bond donors (Lipinski definition) is 1. The number of nitrogens with zero attached hydrogens (tertiary/aromatic N) is 3. The Morgan fingerprint density at radius 1 is 1.20 bits per heavy atom. The van der Waals surface area contributed by atoms with Crippen molar-refractivity contribution >= 4 is 5.97 Å². The summed E-state index contributed by atoms with van der Waals surface area (Å²) in [4.78, 5) is 15.3. The molecule has 0 aliphatic heterocycles. The highest BCUT2D eigenvalue weighted by atomic mass is 16.5. The van der Waals surface area contributed by atoms with E-state index in [0.717, 1.165) is 16.8 Å². The van der Waals surface area contributed by atoms with E-state index in [1.165, 1.54) is 6.20 Å². The van der Waals surface area contributed by atoms with Crippen LogP contribution in [0.5, 0.6) is 0 Å². The summed E-state index contributed by atoms with van der Waals surface area (Å²) in [6, 6.07) is 11.4. The van der Waals surface area contributed by atoms with Gasteiger partial charge in [-0.05, 0) is 12.1 Å². The van der Waals surface area contributed by atoms with Crippen LogP contribution in [0.25, 0.3) is 16.8 Å². The number of H-pyrrole nitrogens is 1. The number of carbonyl (C=O) groups excluding carboxylic acids is 1. The summed E-state index contributed by atoms with van der Waals surface area (Å²) in [5, 5.41) is 7.93. The van der Waals surface area contributed by atoms with E-state index in [2.05, 4.69) is 15.2 Å². The van der Waals surface area contributed by atoms with Gasteiger partial charge in [0, 0.05) is 35.8 Å². The van der Waals surface area contributed by atoms with Crippen molar-refractivity contribution < 1.29 is 14.1 Å². The summed E-state index contributed by atoms with van der Waals surface area (Å²) in [5.41, 5.74) is 2.92. The quantitative estimate of drug-likeness (QED) is 0.566. The third-order valence-corrected chi connectivity index (χ3v) is 3.72. The molecule has 4 rings (SSSR count). The van der Waals surface area contributed by atoms with E-state index in [4.69, 9.17) is 9.26 Å². The molecule has 0 aliphatic carbocycles. The van der Waals surface area contributed by atoms with E-state index in [-0.39, 0.29) is 6.61 Å². The van der Waals surface area contributed by atoms with Crippen LogP contribution in [0.3, 0.4) is 0 Å². The lowest BCUT2D eigenvalue weighted by molar-refractivity contribution is 0.0438. The van der Waals surface area contributed by atoms with Crippen LogP contribution in [0.2, 0.25) is 0 Å². The number of ether oxygens (including phenoxy) is 1. The first kappa shape index (κ1) is 14.9. The van der Waals surface area contributed by atoms with E-state index in [0.29, 0.717) is 11.3 Å². The molecule has 0 amide bonds. The van der Waals surface area contributed by atoms with Crippen molar-refractivity contribution in [2.75, 3.05) is 0 Å². The molecule has 0 fully saturated rings. The highest BCUT2D eigenvalue weighted by Gasteiger charge is 2.17. The fourth-order valence-corrected chi connectivity index (χ4v) is 2.49. The van der Waals surface area contributed by atoms with Gasteiger partial charge in [-0.3, -0.25) is 0 Å². The number of aromatic nitrogens is 4. The fraction of sp³-hybridized carbons (Fsp3) is 0.0556. The van der Waals surface area contributed by atoms with Crippen LogP contribution in [-0.2, 0) is 11.3 Å². The molecule has 0 bridgehead atoms. The van der Waals surface area contributed by atoms with Crippen molar-refractivity contribution in [2.24, 2.45) is 0 Å². The van der Waals surface area contributed by atoms with Gasteiger partial charge in [-0.25, -0.2) is 9.48 Å². The van der Waals surface area contributed by atoms with Crippen molar-refractivity contribution in [2.45, 2.75) is 6.61 Å². The van der Waals surface area contributed by atoms with Crippen LogP contribution in [0.15, 0.2) is 71.9 Å². The Balaban J connectivity index is 1.55. The number of carbonyl (C=O) groups is 1. The molecule has 0 spiro atoms. The van der Waals surface area contributed by atoms with Gasteiger partial charge < -0.3 is 14.2 Å². The number of para-hydroxylation sites is 1. The molecule has 3 aromatic heterocycles. The Bertz CT molecular complexity index is 971. The predicted molar refractivity (Wildman–Crippen MR) is 89.0 cm³/mol. The first-order chi connectivity index (χ1) is 12.3. The number of rotatable bonds is 5. The third-order valence-electron chi connectivity index (χ3n) is 3.72. The molecule has 7 heteroatoms. The van der Waals surface area contributed by atoms with E-state index in [9.17, 15) is 4.79 Å². The molecule has 0 saturated carbocycles. The number of esters is 1. The normalized spacial score (nSPS) is 10.7. The third kappa shape index (κ3) is 3.07. The molecule has 25 heavy (non-hydrogen) atoms. The lowest BCUT2D eigenvalue weighted by Gasteiger charge is -2.03. The van der Waals surface area contributed by atoms with Crippen molar-refractivity contribution in [1.82, 2.24) is 19.9 Å². The van der Waals surface area contributed by atoms with Crippen molar-refractivity contribution in [3.05, 3.63) is 78.7 Å². The Morgan fingerprint density at radius 3 is 2.88 bits per heavy atom. The first-order valence-corrected chi connectivity index (χ1v) is 7.65. The van der Waals surface area contributed by atoms with Gasteiger partial charge in [-0.1, -0.05) is 23.4 Å². The van der Waals surface area contributed by atoms with Crippen molar-refractivity contribution in [3.8, 4) is 16.8 Å². The molecule has 3 heterocycles. The van der Waals surface area contributed by atoms with E-state index < -0.39 is 5.97 Å². The Hall–Kier alpha value is -3.61. The van der Waals surface area contributed by atoms with Gasteiger partial charge in [0.25, 0.3) is 0 Å². The van der Waals surface area contributed by atoms with Crippen LogP contribution in [0.1, 0.15) is 16.1 Å². The standard InChI is InChI=1S/C18H14N4O3/c23-18(24-12-15-6-7-21-25-15)17-10-19-9-16(17)13-8-20-22(11-13)14-4-2-1-3-5-14/h1-11,19H,12H2. The van der Waals surface area contributed by atoms with E-state index >= 15 is 0 Å². The van der Waals surface area contributed by atoms with Gasteiger partial charge in [0.15, 0.2) is 12.4 Å². The van der Waals surface area contributed by atoms with Gasteiger partial charge in [0.1, 0.15) is 0 Å². The molecule has 1 N–H and O–H groups in total. The zero-order valence-electron chi connectivity index (χ0n) is 13.1. The minimum Gasteiger partial charge on any atom is -0.454 e. The van der Waals surface area contributed by atoms with Crippen LogP contribution < -0.4 is 0 Å². The molecule has 124 valence electrons.